The van der Waals surface area contributed by atoms with Crippen molar-refractivity contribution in [2.45, 2.75) is 13.8 Å². The van der Waals surface area contributed by atoms with Gasteiger partial charge in [0.25, 0.3) is 11.8 Å². The van der Waals surface area contributed by atoms with Crippen molar-refractivity contribution in [1.29, 1.82) is 0 Å². The molecule has 0 saturated carbocycles. The zero-order valence-corrected chi connectivity index (χ0v) is 19.2. The second kappa shape index (κ2) is 9.10. The van der Waals surface area contributed by atoms with Gasteiger partial charge in [0, 0.05) is 10.7 Å². The molecule has 1 aliphatic heterocycles. The summed E-state index contributed by atoms with van der Waals surface area (Å²) < 4.78 is 5.31. The van der Waals surface area contributed by atoms with Gasteiger partial charge < -0.3 is 10.1 Å². The van der Waals surface area contributed by atoms with E-state index >= 15 is 0 Å². The highest BCUT2D eigenvalue weighted by Gasteiger charge is 2.39. The van der Waals surface area contributed by atoms with Crippen molar-refractivity contribution in [2.24, 2.45) is 0 Å². The molecule has 3 aromatic rings. The predicted octanol–water partition coefficient (Wildman–Crippen LogP) is 5.61. The Hall–Kier alpha value is -3.61. The molecule has 3 aromatic carbocycles. The van der Waals surface area contributed by atoms with Crippen LogP contribution in [-0.4, -0.2) is 17.8 Å². The molecule has 0 atom stereocenters. The van der Waals surface area contributed by atoms with Crippen molar-refractivity contribution in [3.05, 3.63) is 99.2 Å². The van der Waals surface area contributed by atoms with Crippen LogP contribution in [0.2, 0.25) is 5.02 Å². The summed E-state index contributed by atoms with van der Waals surface area (Å²) in [6.07, 6.45) is 0. The van der Waals surface area contributed by atoms with E-state index < -0.39 is 17.8 Å². The molecule has 0 bridgehead atoms. The molecule has 2 amide bonds. The number of anilines is 2. The molecule has 166 valence electrons. The quantitative estimate of drug-likeness (QED) is 0.291. The normalized spacial score (nSPS) is 13.5. The van der Waals surface area contributed by atoms with E-state index in [2.05, 4.69) is 5.32 Å². The number of nitrogens with one attached hydrogen (secondary N) is 1. The smallest absolute Gasteiger partial charge is 0.343 e. The lowest BCUT2D eigenvalue weighted by molar-refractivity contribution is -0.120. The maximum absolute atomic E-state index is 13.0. The molecule has 6 nitrogen and oxygen atoms in total. The van der Waals surface area contributed by atoms with Gasteiger partial charge >= 0.3 is 5.97 Å². The number of nitrogens with zero attached hydrogens (tertiary/aromatic N) is 1. The average Bonchev–Trinajstić information content (AvgIpc) is 3.01. The second-order valence-electron chi connectivity index (χ2n) is 7.40. The van der Waals surface area contributed by atoms with Gasteiger partial charge in [0.2, 0.25) is 0 Å². The van der Waals surface area contributed by atoms with Gasteiger partial charge in [-0.2, -0.15) is 0 Å². The third kappa shape index (κ3) is 4.49. The molecule has 8 heteroatoms. The van der Waals surface area contributed by atoms with Crippen LogP contribution in [0, 0.1) is 13.8 Å². The standard InChI is InChI=1S/C25H18Cl2N2O4/c1-14-4-3-5-20(15(14)2)29-23(30)21(27)22(24(29)31)28-18-10-6-16(7-11-18)25(32)33-19-12-8-17(26)9-13-19/h3-13,28H,1-2H3. The Morgan fingerprint density at radius 2 is 1.55 bits per heavy atom. The Morgan fingerprint density at radius 1 is 0.879 bits per heavy atom. The van der Waals surface area contributed by atoms with Crippen molar-refractivity contribution < 1.29 is 19.1 Å². The second-order valence-corrected chi connectivity index (χ2v) is 8.21. The number of halogens is 2. The molecule has 0 aliphatic carbocycles. The van der Waals surface area contributed by atoms with Crippen LogP contribution in [-0.2, 0) is 9.59 Å². The Kier molecular flexibility index (Phi) is 6.22. The molecule has 1 aliphatic rings. The summed E-state index contributed by atoms with van der Waals surface area (Å²) in [5.41, 5.74) is 3.01. The maximum Gasteiger partial charge on any atom is 0.343 e. The fourth-order valence-corrected chi connectivity index (χ4v) is 3.65. The Morgan fingerprint density at radius 3 is 2.21 bits per heavy atom. The third-order valence-electron chi connectivity index (χ3n) is 5.26. The molecular formula is C25H18Cl2N2O4. The number of amides is 2. The molecule has 0 saturated heterocycles. The van der Waals surface area contributed by atoms with E-state index in [1.165, 1.54) is 0 Å². The highest BCUT2D eigenvalue weighted by atomic mass is 35.5. The zero-order valence-electron chi connectivity index (χ0n) is 17.7. The molecule has 0 radical (unpaired) electrons. The summed E-state index contributed by atoms with van der Waals surface area (Å²) in [5.74, 6) is -1.33. The van der Waals surface area contributed by atoms with Crippen molar-refractivity contribution in [3.8, 4) is 5.75 Å². The van der Waals surface area contributed by atoms with E-state index in [1.807, 2.05) is 19.9 Å². The van der Waals surface area contributed by atoms with Gasteiger partial charge in [-0.1, -0.05) is 35.3 Å². The topological polar surface area (TPSA) is 75.7 Å². The highest BCUT2D eigenvalue weighted by molar-refractivity contribution is 6.53. The number of carbonyl (C=O) groups excluding carboxylic acids is 3. The minimum Gasteiger partial charge on any atom is -0.423 e. The fourth-order valence-electron chi connectivity index (χ4n) is 3.31. The molecule has 33 heavy (non-hydrogen) atoms. The lowest BCUT2D eigenvalue weighted by Crippen LogP contribution is -2.33. The van der Waals surface area contributed by atoms with Gasteiger partial charge in [-0.25, -0.2) is 9.69 Å². The van der Waals surface area contributed by atoms with Gasteiger partial charge in [-0.15, -0.1) is 0 Å². The van der Waals surface area contributed by atoms with Crippen LogP contribution in [0.1, 0.15) is 21.5 Å². The zero-order chi connectivity index (χ0) is 23.7. The summed E-state index contributed by atoms with van der Waals surface area (Å²) in [7, 11) is 0. The number of carbonyl (C=O) groups is 3. The molecule has 1 heterocycles. The summed E-state index contributed by atoms with van der Waals surface area (Å²) in [6.45, 7) is 3.74. The fraction of sp³-hybridized carbons (Fsp3) is 0.0800. The first-order chi connectivity index (χ1) is 15.8. The molecule has 4 rings (SSSR count). The molecule has 0 spiro atoms. The van der Waals surface area contributed by atoms with Crippen LogP contribution >= 0.6 is 23.2 Å². The number of rotatable bonds is 5. The van der Waals surface area contributed by atoms with Crippen LogP contribution in [0.5, 0.6) is 5.75 Å². The van der Waals surface area contributed by atoms with Crippen molar-refractivity contribution in [2.75, 3.05) is 10.2 Å². The van der Waals surface area contributed by atoms with Crippen molar-refractivity contribution in [3.63, 3.8) is 0 Å². The first kappa shape index (κ1) is 22.6. The van der Waals surface area contributed by atoms with Crippen LogP contribution in [0.25, 0.3) is 0 Å². The number of esters is 1. The van der Waals surface area contributed by atoms with Gasteiger partial charge in [-0.3, -0.25) is 9.59 Å². The lowest BCUT2D eigenvalue weighted by atomic mass is 10.1. The van der Waals surface area contributed by atoms with E-state index in [-0.39, 0.29) is 10.7 Å². The first-order valence-electron chi connectivity index (χ1n) is 9.96. The monoisotopic (exact) mass is 480 g/mol. The molecule has 1 N–H and O–H groups in total. The van der Waals surface area contributed by atoms with Crippen molar-refractivity contribution in [1.82, 2.24) is 0 Å². The largest absolute Gasteiger partial charge is 0.423 e. The van der Waals surface area contributed by atoms with Gasteiger partial charge in [0.15, 0.2) is 0 Å². The van der Waals surface area contributed by atoms with Crippen LogP contribution in [0.15, 0.2) is 77.5 Å². The van der Waals surface area contributed by atoms with Gasteiger partial charge in [0.05, 0.1) is 11.3 Å². The molecule has 0 fully saturated rings. The number of aryl methyl sites for hydroxylation is 1. The number of ether oxygens (including phenoxy) is 1. The lowest BCUT2D eigenvalue weighted by Gasteiger charge is -2.18. The minimum absolute atomic E-state index is 0.0286. The Labute approximate surface area is 200 Å². The number of imide groups is 1. The van der Waals surface area contributed by atoms with Gasteiger partial charge in [-0.05, 0) is 79.6 Å². The summed E-state index contributed by atoms with van der Waals surface area (Å²) >= 11 is 12.0. The SMILES string of the molecule is Cc1cccc(N2C(=O)C(Cl)=C(Nc3ccc(C(=O)Oc4ccc(Cl)cc4)cc3)C2=O)c1C. The Balaban J connectivity index is 1.50. The highest BCUT2D eigenvalue weighted by Crippen LogP contribution is 2.33. The van der Waals surface area contributed by atoms with Crippen molar-refractivity contribution >= 4 is 52.4 Å². The predicted molar refractivity (Wildman–Crippen MR) is 128 cm³/mol. The number of benzene rings is 3. The minimum atomic E-state index is -0.596. The molecule has 0 unspecified atom stereocenters. The number of hydrogen-bond donors (Lipinski definition) is 1. The van der Waals surface area contributed by atoms with E-state index in [9.17, 15) is 14.4 Å². The molecule has 0 aromatic heterocycles. The van der Waals surface area contributed by atoms with Crippen LogP contribution < -0.4 is 15.0 Å². The maximum atomic E-state index is 13.0. The van der Waals surface area contributed by atoms with Crippen LogP contribution in [0.4, 0.5) is 11.4 Å². The summed E-state index contributed by atoms with van der Waals surface area (Å²) in [6, 6.07) is 18.1. The number of hydrogen-bond acceptors (Lipinski definition) is 5. The first-order valence-corrected chi connectivity index (χ1v) is 10.7. The van der Waals surface area contributed by atoms with E-state index in [0.29, 0.717) is 27.7 Å². The average molecular weight is 481 g/mol. The third-order valence-corrected chi connectivity index (χ3v) is 5.86. The van der Waals surface area contributed by atoms with Crippen LogP contribution in [0.3, 0.4) is 0 Å². The molecular weight excluding hydrogens is 463 g/mol. The van der Waals surface area contributed by atoms with E-state index in [0.717, 1.165) is 16.0 Å². The summed E-state index contributed by atoms with van der Waals surface area (Å²) in [5, 5.41) is 3.23. The van der Waals surface area contributed by atoms with E-state index in [4.69, 9.17) is 27.9 Å². The Bertz CT molecular complexity index is 1300. The summed E-state index contributed by atoms with van der Waals surface area (Å²) in [4.78, 5) is 39.1. The van der Waals surface area contributed by atoms with Gasteiger partial charge in [0.1, 0.15) is 16.5 Å². The van der Waals surface area contributed by atoms with E-state index in [1.54, 1.807) is 60.7 Å².